The van der Waals surface area contributed by atoms with Crippen molar-refractivity contribution in [3.63, 3.8) is 0 Å². The number of phenols is 1. The summed E-state index contributed by atoms with van der Waals surface area (Å²) in [5.74, 6) is 0.346. The first-order valence-corrected chi connectivity index (χ1v) is 6.69. The molecule has 2 rings (SSSR count). The molecule has 0 spiro atoms. The van der Waals surface area contributed by atoms with E-state index in [-0.39, 0.29) is 5.41 Å². The summed E-state index contributed by atoms with van der Waals surface area (Å²) in [6.07, 6.45) is 2.05. The molecule has 0 aliphatic carbocycles. The summed E-state index contributed by atoms with van der Waals surface area (Å²) in [6.45, 7) is 6.96. The Morgan fingerprint density at radius 3 is 2.89 bits per heavy atom. The molecule has 1 aromatic rings. The molecule has 3 nitrogen and oxygen atoms in total. The number of hydrogen-bond acceptors (Lipinski definition) is 3. The van der Waals surface area contributed by atoms with Crippen molar-refractivity contribution < 1.29 is 9.84 Å². The van der Waals surface area contributed by atoms with Gasteiger partial charge in [-0.2, -0.15) is 0 Å². The van der Waals surface area contributed by atoms with Gasteiger partial charge in [-0.25, -0.2) is 0 Å². The third-order valence-electron chi connectivity index (χ3n) is 3.56. The van der Waals surface area contributed by atoms with Gasteiger partial charge in [-0.05, 0) is 30.5 Å². The van der Waals surface area contributed by atoms with Crippen molar-refractivity contribution in [1.82, 2.24) is 5.32 Å². The Morgan fingerprint density at radius 2 is 2.28 bits per heavy atom. The third kappa shape index (κ3) is 3.47. The molecule has 18 heavy (non-hydrogen) atoms. The van der Waals surface area contributed by atoms with Crippen LogP contribution in [-0.4, -0.2) is 30.9 Å². The van der Waals surface area contributed by atoms with E-state index in [2.05, 4.69) is 25.2 Å². The summed E-state index contributed by atoms with van der Waals surface area (Å²) in [5.41, 5.74) is 1.36. The van der Waals surface area contributed by atoms with Gasteiger partial charge in [0.2, 0.25) is 0 Å². The van der Waals surface area contributed by atoms with E-state index in [4.69, 9.17) is 4.74 Å². The van der Waals surface area contributed by atoms with Crippen molar-refractivity contribution >= 4 is 0 Å². The minimum Gasteiger partial charge on any atom is -0.508 e. The van der Waals surface area contributed by atoms with E-state index in [1.807, 2.05) is 12.1 Å². The molecule has 2 N–H and O–H groups in total. The van der Waals surface area contributed by atoms with Crippen molar-refractivity contribution in [2.24, 2.45) is 5.41 Å². The first kappa shape index (κ1) is 13.4. The highest BCUT2D eigenvalue weighted by molar-refractivity contribution is 5.28. The predicted molar refractivity (Wildman–Crippen MR) is 72.8 cm³/mol. The Kier molecular flexibility index (Phi) is 4.25. The van der Waals surface area contributed by atoms with E-state index >= 15 is 0 Å². The van der Waals surface area contributed by atoms with E-state index in [1.54, 1.807) is 6.07 Å². The molecule has 1 heterocycles. The van der Waals surface area contributed by atoms with Crippen molar-refractivity contribution in [2.75, 3.05) is 19.8 Å². The summed E-state index contributed by atoms with van der Waals surface area (Å²) < 4.78 is 5.59. The highest BCUT2D eigenvalue weighted by atomic mass is 16.5. The summed E-state index contributed by atoms with van der Waals surface area (Å²) in [5, 5.41) is 13.1. The Balaban J connectivity index is 2.06. The van der Waals surface area contributed by atoms with Gasteiger partial charge in [-0.15, -0.1) is 0 Å². The molecule has 1 aliphatic heterocycles. The van der Waals surface area contributed by atoms with E-state index in [1.165, 1.54) is 5.56 Å². The van der Waals surface area contributed by atoms with Crippen LogP contribution in [0.5, 0.6) is 5.75 Å². The van der Waals surface area contributed by atoms with Crippen LogP contribution >= 0.6 is 0 Å². The first-order chi connectivity index (χ1) is 8.60. The topological polar surface area (TPSA) is 41.5 Å². The van der Waals surface area contributed by atoms with Crippen LogP contribution in [0.1, 0.15) is 25.8 Å². The lowest BCUT2D eigenvalue weighted by molar-refractivity contribution is 0.148. The van der Waals surface area contributed by atoms with Gasteiger partial charge in [0.15, 0.2) is 0 Å². The quantitative estimate of drug-likeness (QED) is 0.841. The molecule has 1 saturated heterocycles. The minimum atomic E-state index is 0.179. The largest absolute Gasteiger partial charge is 0.508 e. The van der Waals surface area contributed by atoms with E-state index in [0.717, 1.165) is 32.6 Å². The van der Waals surface area contributed by atoms with Crippen LogP contribution in [0.4, 0.5) is 0 Å². The van der Waals surface area contributed by atoms with Gasteiger partial charge in [0.25, 0.3) is 0 Å². The summed E-state index contributed by atoms with van der Waals surface area (Å²) in [7, 11) is 0. The lowest BCUT2D eigenvalue weighted by atomic mass is 9.80. The third-order valence-corrected chi connectivity index (χ3v) is 3.56. The fourth-order valence-electron chi connectivity index (χ4n) is 2.51. The molecule has 0 saturated carbocycles. The highest BCUT2D eigenvalue weighted by Crippen LogP contribution is 2.32. The molecule has 100 valence electrons. The molecule has 0 aromatic heterocycles. The van der Waals surface area contributed by atoms with Crippen LogP contribution in [0, 0.1) is 5.41 Å². The number of aromatic hydroxyl groups is 1. The summed E-state index contributed by atoms with van der Waals surface area (Å²) in [6, 6.07) is 8.05. The van der Waals surface area contributed by atoms with Crippen molar-refractivity contribution in [2.45, 2.75) is 32.7 Å². The fraction of sp³-hybridized carbons (Fsp3) is 0.600. The smallest absolute Gasteiger partial charge is 0.115 e. The van der Waals surface area contributed by atoms with Crippen LogP contribution in [-0.2, 0) is 11.2 Å². The molecule has 3 heteroatoms. The number of phenolic OH excluding ortho intramolecular Hbond substituents is 1. The van der Waals surface area contributed by atoms with Gasteiger partial charge in [0.05, 0.1) is 6.61 Å². The second kappa shape index (κ2) is 5.72. The number of rotatable bonds is 5. The number of nitrogens with one attached hydrogen (secondary N) is 1. The molecule has 0 radical (unpaired) electrons. The Labute approximate surface area is 109 Å². The van der Waals surface area contributed by atoms with Gasteiger partial charge >= 0.3 is 0 Å². The second-order valence-electron chi connectivity index (χ2n) is 5.68. The SMILES string of the molecule is CC(C)NCC1(Cc2cccc(O)c2)CCOC1. The van der Waals surface area contributed by atoms with Crippen LogP contribution in [0.3, 0.4) is 0 Å². The van der Waals surface area contributed by atoms with E-state index < -0.39 is 0 Å². The molecule has 1 aliphatic rings. The fourth-order valence-corrected chi connectivity index (χ4v) is 2.51. The molecular weight excluding hydrogens is 226 g/mol. The molecule has 1 unspecified atom stereocenters. The van der Waals surface area contributed by atoms with Gasteiger partial charge in [0.1, 0.15) is 5.75 Å². The normalized spacial score (nSPS) is 23.7. The minimum absolute atomic E-state index is 0.179. The first-order valence-electron chi connectivity index (χ1n) is 6.69. The lowest BCUT2D eigenvalue weighted by Crippen LogP contribution is -2.39. The standard InChI is InChI=1S/C15H23NO2/c1-12(2)16-10-15(6-7-18-11-15)9-13-4-3-5-14(17)8-13/h3-5,8,12,16-17H,6-7,9-11H2,1-2H3. The highest BCUT2D eigenvalue weighted by Gasteiger charge is 2.34. The molecule has 1 fully saturated rings. The zero-order chi connectivity index (χ0) is 13.0. The van der Waals surface area contributed by atoms with Crippen LogP contribution in [0.2, 0.25) is 0 Å². The zero-order valence-electron chi connectivity index (χ0n) is 11.3. The maximum absolute atomic E-state index is 9.54. The van der Waals surface area contributed by atoms with Gasteiger partial charge in [-0.1, -0.05) is 26.0 Å². The monoisotopic (exact) mass is 249 g/mol. The van der Waals surface area contributed by atoms with E-state index in [9.17, 15) is 5.11 Å². The Bertz CT molecular complexity index is 384. The van der Waals surface area contributed by atoms with Gasteiger partial charge in [0, 0.05) is 24.6 Å². The molecule has 1 aromatic carbocycles. The van der Waals surface area contributed by atoms with Crippen molar-refractivity contribution in [3.05, 3.63) is 29.8 Å². The average Bonchev–Trinajstić information content (AvgIpc) is 2.76. The second-order valence-corrected chi connectivity index (χ2v) is 5.68. The van der Waals surface area contributed by atoms with E-state index in [0.29, 0.717) is 11.8 Å². The summed E-state index contributed by atoms with van der Waals surface area (Å²) in [4.78, 5) is 0. The van der Waals surface area contributed by atoms with Crippen LogP contribution < -0.4 is 5.32 Å². The Hall–Kier alpha value is -1.06. The molecule has 0 amide bonds. The number of hydrogen-bond donors (Lipinski definition) is 2. The van der Waals surface area contributed by atoms with Gasteiger partial charge < -0.3 is 15.2 Å². The lowest BCUT2D eigenvalue weighted by Gasteiger charge is -2.29. The average molecular weight is 249 g/mol. The molecule has 0 bridgehead atoms. The van der Waals surface area contributed by atoms with Crippen molar-refractivity contribution in [3.8, 4) is 5.75 Å². The maximum Gasteiger partial charge on any atom is 0.115 e. The Morgan fingerprint density at radius 1 is 1.44 bits per heavy atom. The number of benzene rings is 1. The molecular formula is C15H23NO2. The molecule has 1 atom stereocenters. The predicted octanol–water partition coefficient (Wildman–Crippen LogP) is 2.34. The summed E-state index contributed by atoms with van der Waals surface area (Å²) >= 11 is 0. The van der Waals surface area contributed by atoms with Crippen LogP contribution in [0.25, 0.3) is 0 Å². The maximum atomic E-state index is 9.54. The van der Waals surface area contributed by atoms with Crippen LogP contribution in [0.15, 0.2) is 24.3 Å². The zero-order valence-corrected chi connectivity index (χ0v) is 11.3. The number of ether oxygens (including phenoxy) is 1. The van der Waals surface area contributed by atoms with Crippen molar-refractivity contribution in [1.29, 1.82) is 0 Å². The van der Waals surface area contributed by atoms with Gasteiger partial charge in [-0.3, -0.25) is 0 Å².